The van der Waals surface area contributed by atoms with Crippen LogP contribution in [0.1, 0.15) is 16.8 Å². The molecule has 1 fully saturated rings. The van der Waals surface area contributed by atoms with Crippen LogP contribution in [0, 0.1) is 11.7 Å². The topological polar surface area (TPSA) is 57.6 Å². The molecule has 0 radical (unpaired) electrons. The second kappa shape index (κ2) is 5.06. The first-order chi connectivity index (χ1) is 8.49. The molecule has 96 valence electrons. The fourth-order valence-electron chi connectivity index (χ4n) is 1.96. The van der Waals surface area contributed by atoms with E-state index in [1.54, 1.807) is 0 Å². The first kappa shape index (κ1) is 13.0. The van der Waals surface area contributed by atoms with Gasteiger partial charge in [0.1, 0.15) is 5.82 Å². The van der Waals surface area contributed by atoms with Crippen molar-refractivity contribution < 1.29 is 19.1 Å². The lowest BCUT2D eigenvalue weighted by atomic mass is 10.1. The Morgan fingerprint density at radius 2 is 2.17 bits per heavy atom. The zero-order valence-corrected chi connectivity index (χ0v) is 11.0. The SMILES string of the molecule is O=C(O)[C@@H]1CCN(C(=O)c2ccc(F)c(Br)c2)C1. The van der Waals surface area contributed by atoms with Crippen LogP contribution in [0.5, 0.6) is 0 Å². The standard InChI is InChI=1S/C12H11BrFNO3/c13-9-5-7(1-2-10(9)14)11(16)15-4-3-8(6-15)12(17)18/h1-2,5,8H,3-4,6H2,(H,17,18)/t8-/m1/s1. The molecule has 1 aliphatic heterocycles. The largest absolute Gasteiger partial charge is 0.481 e. The molecule has 0 unspecified atom stereocenters. The lowest BCUT2D eigenvalue weighted by molar-refractivity contribution is -0.141. The molecule has 1 atom stereocenters. The van der Waals surface area contributed by atoms with Crippen molar-refractivity contribution >= 4 is 27.8 Å². The van der Waals surface area contributed by atoms with Crippen molar-refractivity contribution in [1.29, 1.82) is 0 Å². The monoisotopic (exact) mass is 315 g/mol. The number of rotatable bonds is 2. The van der Waals surface area contributed by atoms with Crippen molar-refractivity contribution in [1.82, 2.24) is 4.90 Å². The Morgan fingerprint density at radius 1 is 1.44 bits per heavy atom. The van der Waals surface area contributed by atoms with E-state index in [0.717, 1.165) is 0 Å². The Kier molecular flexibility index (Phi) is 3.65. The van der Waals surface area contributed by atoms with Crippen LogP contribution in [0.3, 0.4) is 0 Å². The predicted molar refractivity (Wildman–Crippen MR) is 65.7 cm³/mol. The van der Waals surface area contributed by atoms with E-state index in [2.05, 4.69) is 15.9 Å². The smallest absolute Gasteiger partial charge is 0.308 e. The summed E-state index contributed by atoms with van der Waals surface area (Å²) in [6.07, 6.45) is 0.462. The number of amides is 1. The molecule has 1 aromatic carbocycles. The summed E-state index contributed by atoms with van der Waals surface area (Å²) in [6, 6.07) is 4.02. The van der Waals surface area contributed by atoms with Gasteiger partial charge in [0, 0.05) is 18.7 Å². The third-order valence-corrected chi connectivity index (χ3v) is 3.60. The van der Waals surface area contributed by atoms with Gasteiger partial charge in [0.2, 0.25) is 0 Å². The molecule has 4 nitrogen and oxygen atoms in total. The Balaban J connectivity index is 2.12. The van der Waals surface area contributed by atoms with Crippen LogP contribution >= 0.6 is 15.9 Å². The molecule has 1 saturated heterocycles. The third-order valence-electron chi connectivity index (χ3n) is 2.99. The summed E-state index contributed by atoms with van der Waals surface area (Å²) in [7, 11) is 0. The van der Waals surface area contributed by atoms with E-state index in [0.29, 0.717) is 18.5 Å². The number of carbonyl (C=O) groups excluding carboxylic acids is 1. The number of aliphatic carboxylic acids is 1. The average Bonchev–Trinajstić information content (AvgIpc) is 2.81. The summed E-state index contributed by atoms with van der Waals surface area (Å²) >= 11 is 3.02. The molecule has 0 bridgehead atoms. The van der Waals surface area contributed by atoms with Gasteiger partial charge in [-0.2, -0.15) is 0 Å². The van der Waals surface area contributed by atoms with Crippen LogP contribution < -0.4 is 0 Å². The van der Waals surface area contributed by atoms with Gasteiger partial charge in [0.05, 0.1) is 10.4 Å². The van der Waals surface area contributed by atoms with Crippen molar-refractivity contribution in [3.8, 4) is 0 Å². The van der Waals surface area contributed by atoms with Crippen LogP contribution in [-0.2, 0) is 4.79 Å². The van der Waals surface area contributed by atoms with Gasteiger partial charge in [0.25, 0.3) is 5.91 Å². The number of hydrogen-bond acceptors (Lipinski definition) is 2. The molecule has 0 aromatic heterocycles. The zero-order chi connectivity index (χ0) is 13.3. The number of benzene rings is 1. The van der Waals surface area contributed by atoms with Gasteiger partial charge in [-0.25, -0.2) is 4.39 Å². The minimum absolute atomic E-state index is 0.211. The Hall–Kier alpha value is -1.43. The second-order valence-electron chi connectivity index (χ2n) is 4.20. The van der Waals surface area contributed by atoms with Crippen LogP contribution in [0.4, 0.5) is 4.39 Å². The number of carboxylic acids is 1. The minimum atomic E-state index is -0.884. The lowest BCUT2D eigenvalue weighted by Crippen LogP contribution is -2.29. The Labute approximate surface area is 112 Å². The third kappa shape index (κ3) is 2.53. The highest BCUT2D eigenvalue weighted by molar-refractivity contribution is 9.10. The van der Waals surface area contributed by atoms with Crippen molar-refractivity contribution in [2.45, 2.75) is 6.42 Å². The maximum atomic E-state index is 13.1. The highest BCUT2D eigenvalue weighted by atomic mass is 79.9. The van der Waals surface area contributed by atoms with E-state index in [-0.39, 0.29) is 16.9 Å². The van der Waals surface area contributed by atoms with Crippen molar-refractivity contribution in [2.24, 2.45) is 5.92 Å². The number of halogens is 2. The number of hydrogen-bond donors (Lipinski definition) is 1. The van der Waals surface area contributed by atoms with Crippen molar-refractivity contribution in [2.75, 3.05) is 13.1 Å². The van der Waals surface area contributed by atoms with Gasteiger partial charge in [-0.3, -0.25) is 9.59 Å². The van der Waals surface area contributed by atoms with E-state index in [9.17, 15) is 14.0 Å². The summed E-state index contributed by atoms with van der Waals surface area (Å²) < 4.78 is 13.3. The molecule has 0 spiro atoms. The molecule has 6 heteroatoms. The molecular weight excluding hydrogens is 305 g/mol. The fourth-order valence-corrected chi connectivity index (χ4v) is 2.34. The normalized spacial score (nSPS) is 19.0. The minimum Gasteiger partial charge on any atom is -0.481 e. The molecule has 18 heavy (non-hydrogen) atoms. The van der Waals surface area contributed by atoms with E-state index in [1.165, 1.54) is 23.1 Å². The molecule has 1 amide bonds. The van der Waals surface area contributed by atoms with Crippen LogP contribution in [-0.4, -0.2) is 35.0 Å². The Bertz CT molecular complexity index is 506. The maximum absolute atomic E-state index is 13.1. The van der Waals surface area contributed by atoms with Crippen molar-refractivity contribution in [3.05, 3.63) is 34.1 Å². The quantitative estimate of drug-likeness (QED) is 0.909. The summed E-state index contributed by atoms with van der Waals surface area (Å²) in [5, 5.41) is 8.87. The van der Waals surface area contributed by atoms with Gasteiger partial charge in [-0.05, 0) is 40.5 Å². The lowest BCUT2D eigenvalue weighted by Gasteiger charge is -2.16. The molecule has 1 N–H and O–H groups in total. The van der Waals surface area contributed by atoms with Crippen molar-refractivity contribution in [3.63, 3.8) is 0 Å². The molecule has 1 aromatic rings. The number of nitrogens with zero attached hydrogens (tertiary/aromatic N) is 1. The second-order valence-corrected chi connectivity index (χ2v) is 5.06. The summed E-state index contributed by atoms with van der Waals surface area (Å²) in [5.74, 6) is -2.08. The number of carbonyl (C=O) groups is 2. The Morgan fingerprint density at radius 3 is 2.72 bits per heavy atom. The first-order valence-corrected chi connectivity index (χ1v) is 6.25. The van der Waals surface area contributed by atoms with Gasteiger partial charge in [-0.1, -0.05) is 0 Å². The molecule has 1 aliphatic rings. The summed E-state index contributed by atoms with van der Waals surface area (Å²) in [6.45, 7) is 0.633. The number of carboxylic acid groups (broad SMARTS) is 1. The predicted octanol–water partition coefficient (Wildman–Crippen LogP) is 2.13. The van der Waals surface area contributed by atoms with Crippen LogP contribution in [0.25, 0.3) is 0 Å². The molecule has 1 heterocycles. The molecule has 2 rings (SSSR count). The summed E-state index contributed by atoms with van der Waals surface area (Å²) in [4.78, 5) is 24.4. The molecule has 0 saturated carbocycles. The molecular formula is C12H11BrFNO3. The van der Waals surface area contributed by atoms with Gasteiger partial charge >= 0.3 is 5.97 Å². The van der Waals surface area contributed by atoms with E-state index < -0.39 is 17.7 Å². The van der Waals surface area contributed by atoms with E-state index in [4.69, 9.17) is 5.11 Å². The average molecular weight is 316 g/mol. The molecule has 0 aliphatic carbocycles. The summed E-state index contributed by atoms with van der Waals surface area (Å²) in [5.41, 5.74) is 0.356. The zero-order valence-electron chi connectivity index (χ0n) is 9.40. The van der Waals surface area contributed by atoms with Gasteiger partial charge < -0.3 is 10.0 Å². The van der Waals surface area contributed by atoms with E-state index >= 15 is 0 Å². The highest BCUT2D eigenvalue weighted by Crippen LogP contribution is 2.22. The number of likely N-dealkylation sites (tertiary alicyclic amines) is 1. The van der Waals surface area contributed by atoms with Gasteiger partial charge in [0.15, 0.2) is 0 Å². The van der Waals surface area contributed by atoms with Gasteiger partial charge in [-0.15, -0.1) is 0 Å². The fraction of sp³-hybridized carbons (Fsp3) is 0.333. The maximum Gasteiger partial charge on any atom is 0.308 e. The first-order valence-electron chi connectivity index (χ1n) is 5.46. The van der Waals surface area contributed by atoms with Crippen LogP contribution in [0.15, 0.2) is 22.7 Å². The van der Waals surface area contributed by atoms with Crippen LogP contribution in [0.2, 0.25) is 0 Å². The highest BCUT2D eigenvalue weighted by Gasteiger charge is 2.31. The van der Waals surface area contributed by atoms with E-state index in [1.807, 2.05) is 0 Å².